The van der Waals surface area contributed by atoms with Gasteiger partial charge in [-0.15, -0.1) is 0 Å². The molecular formula is C14H8F4N2O. The van der Waals surface area contributed by atoms with E-state index >= 15 is 0 Å². The van der Waals surface area contributed by atoms with E-state index in [4.69, 9.17) is 10.00 Å². The van der Waals surface area contributed by atoms with Gasteiger partial charge < -0.3 is 4.74 Å². The lowest BCUT2D eigenvalue weighted by Gasteiger charge is -2.22. The van der Waals surface area contributed by atoms with Crippen molar-refractivity contribution in [2.75, 3.05) is 0 Å². The Kier molecular flexibility index (Phi) is 4.08. The SMILES string of the molecule is N#Cc1ccc(OC(c2ccncc2)C(F)(F)F)c(F)c1. The fourth-order valence-electron chi connectivity index (χ4n) is 1.66. The van der Waals surface area contributed by atoms with E-state index in [1.54, 1.807) is 6.07 Å². The van der Waals surface area contributed by atoms with Gasteiger partial charge >= 0.3 is 6.18 Å². The number of halogens is 4. The summed E-state index contributed by atoms with van der Waals surface area (Å²) in [5, 5.41) is 8.60. The molecule has 1 atom stereocenters. The Hall–Kier alpha value is -2.62. The molecular weight excluding hydrogens is 288 g/mol. The van der Waals surface area contributed by atoms with Crippen molar-refractivity contribution in [3.8, 4) is 11.8 Å². The van der Waals surface area contributed by atoms with Crippen LogP contribution in [0.25, 0.3) is 0 Å². The van der Waals surface area contributed by atoms with Gasteiger partial charge in [-0.3, -0.25) is 4.98 Å². The lowest BCUT2D eigenvalue weighted by molar-refractivity contribution is -0.198. The molecule has 0 saturated heterocycles. The average Bonchev–Trinajstić information content (AvgIpc) is 2.45. The molecule has 2 aromatic rings. The van der Waals surface area contributed by atoms with Crippen molar-refractivity contribution in [2.45, 2.75) is 12.3 Å². The van der Waals surface area contributed by atoms with Crippen LogP contribution in [0.4, 0.5) is 17.6 Å². The first-order valence-electron chi connectivity index (χ1n) is 5.75. The van der Waals surface area contributed by atoms with E-state index in [0.29, 0.717) is 0 Å². The molecule has 1 aromatic carbocycles. The number of hydrogen-bond acceptors (Lipinski definition) is 3. The molecule has 108 valence electrons. The maximum absolute atomic E-state index is 13.6. The zero-order valence-electron chi connectivity index (χ0n) is 10.4. The number of nitrogens with zero attached hydrogens (tertiary/aromatic N) is 2. The van der Waals surface area contributed by atoms with Gasteiger partial charge in [0.2, 0.25) is 6.10 Å². The molecule has 21 heavy (non-hydrogen) atoms. The predicted molar refractivity (Wildman–Crippen MR) is 64.8 cm³/mol. The Bertz CT molecular complexity index is 665. The van der Waals surface area contributed by atoms with E-state index in [-0.39, 0.29) is 11.1 Å². The van der Waals surface area contributed by atoms with Crippen molar-refractivity contribution in [1.29, 1.82) is 5.26 Å². The third-order valence-electron chi connectivity index (χ3n) is 2.61. The largest absolute Gasteiger partial charge is 0.473 e. The normalized spacial score (nSPS) is 12.5. The molecule has 0 saturated carbocycles. The molecule has 1 aromatic heterocycles. The second-order valence-corrected chi connectivity index (χ2v) is 4.08. The maximum atomic E-state index is 13.6. The summed E-state index contributed by atoms with van der Waals surface area (Å²) in [6, 6.07) is 6.95. The van der Waals surface area contributed by atoms with Crippen LogP contribution in [0.15, 0.2) is 42.7 Å². The van der Waals surface area contributed by atoms with Gasteiger partial charge in [0.05, 0.1) is 11.6 Å². The Morgan fingerprint density at radius 3 is 2.33 bits per heavy atom. The quantitative estimate of drug-likeness (QED) is 0.810. The molecule has 0 spiro atoms. The fourth-order valence-corrected chi connectivity index (χ4v) is 1.66. The molecule has 2 rings (SSSR count). The van der Waals surface area contributed by atoms with Crippen molar-refractivity contribution >= 4 is 0 Å². The summed E-state index contributed by atoms with van der Waals surface area (Å²) in [5.74, 6) is -1.61. The van der Waals surface area contributed by atoms with E-state index < -0.39 is 23.8 Å². The Balaban J connectivity index is 2.35. The van der Waals surface area contributed by atoms with Gasteiger partial charge in [-0.2, -0.15) is 18.4 Å². The third kappa shape index (κ3) is 3.48. The summed E-state index contributed by atoms with van der Waals surface area (Å²) >= 11 is 0. The predicted octanol–water partition coefficient (Wildman–Crippen LogP) is 3.77. The highest BCUT2D eigenvalue weighted by Crippen LogP contribution is 2.37. The second kappa shape index (κ2) is 5.79. The molecule has 1 unspecified atom stereocenters. The number of pyridine rings is 1. The summed E-state index contributed by atoms with van der Waals surface area (Å²) in [5.41, 5.74) is -0.200. The fraction of sp³-hybridized carbons (Fsp3) is 0.143. The van der Waals surface area contributed by atoms with Crippen molar-refractivity contribution in [3.63, 3.8) is 0 Å². The minimum atomic E-state index is -4.72. The molecule has 0 amide bonds. The molecule has 0 radical (unpaired) electrons. The van der Waals surface area contributed by atoms with Crippen molar-refractivity contribution in [3.05, 3.63) is 59.7 Å². The zero-order valence-corrected chi connectivity index (χ0v) is 10.4. The summed E-state index contributed by atoms with van der Waals surface area (Å²) in [4.78, 5) is 3.62. The molecule has 3 nitrogen and oxygen atoms in total. The van der Waals surface area contributed by atoms with Crippen LogP contribution < -0.4 is 4.74 Å². The highest BCUT2D eigenvalue weighted by molar-refractivity contribution is 5.36. The molecule has 0 fully saturated rings. The van der Waals surface area contributed by atoms with Gasteiger partial charge in [0.1, 0.15) is 0 Å². The van der Waals surface area contributed by atoms with E-state index in [0.717, 1.165) is 24.3 Å². The lowest BCUT2D eigenvalue weighted by atomic mass is 10.1. The topological polar surface area (TPSA) is 45.9 Å². The number of alkyl halides is 3. The molecule has 0 aliphatic carbocycles. The van der Waals surface area contributed by atoms with E-state index in [2.05, 4.69) is 4.98 Å². The monoisotopic (exact) mass is 296 g/mol. The first-order valence-corrected chi connectivity index (χ1v) is 5.75. The van der Waals surface area contributed by atoms with Gasteiger partial charge in [0, 0.05) is 18.0 Å². The van der Waals surface area contributed by atoms with Crippen molar-refractivity contribution in [2.24, 2.45) is 0 Å². The van der Waals surface area contributed by atoms with E-state index in [1.165, 1.54) is 18.5 Å². The van der Waals surface area contributed by atoms with Crippen LogP contribution in [-0.4, -0.2) is 11.2 Å². The number of ether oxygens (including phenoxy) is 1. The lowest BCUT2D eigenvalue weighted by Crippen LogP contribution is -2.26. The van der Waals surface area contributed by atoms with Gasteiger partial charge in [-0.1, -0.05) is 0 Å². The highest BCUT2D eigenvalue weighted by atomic mass is 19.4. The maximum Gasteiger partial charge on any atom is 0.429 e. The minimum absolute atomic E-state index is 0.00711. The third-order valence-corrected chi connectivity index (χ3v) is 2.61. The molecule has 7 heteroatoms. The van der Waals surface area contributed by atoms with Crippen LogP contribution >= 0.6 is 0 Å². The van der Waals surface area contributed by atoms with Crippen LogP contribution in [0.3, 0.4) is 0 Å². The first-order chi connectivity index (χ1) is 9.91. The zero-order chi connectivity index (χ0) is 15.5. The van der Waals surface area contributed by atoms with Gasteiger partial charge in [0.15, 0.2) is 11.6 Å². The number of aromatic nitrogens is 1. The van der Waals surface area contributed by atoms with Gasteiger partial charge in [-0.25, -0.2) is 4.39 Å². The number of nitriles is 1. The summed E-state index contributed by atoms with van der Waals surface area (Å²) in [6.07, 6.45) is -4.66. The van der Waals surface area contributed by atoms with E-state index in [1.807, 2.05) is 0 Å². The number of rotatable bonds is 3. The first kappa shape index (κ1) is 14.8. The standard InChI is InChI=1S/C14H8F4N2O/c15-11-7-9(8-19)1-2-12(11)21-13(14(16,17)18)10-3-5-20-6-4-10/h1-7,13H. The summed E-state index contributed by atoms with van der Waals surface area (Å²) in [7, 11) is 0. The van der Waals surface area contributed by atoms with Crippen molar-refractivity contribution in [1.82, 2.24) is 4.98 Å². The van der Waals surface area contributed by atoms with Crippen LogP contribution in [0.1, 0.15) is 17.2 Å². The average molecular weight is 296 g/mol. The number of hydrogen-bond donors (Lipinski definition) is 0. The van der Waals surface area contributed by atoms with Crippen LogP contribution in [0.2, 0.25) is 0 Å². The minimum Gasteiger partial charge on any atom is -0.473 e. The smallest absolute Gasteiger partial charge is 0.429 e. The second-order valence-electron chi connectivity index (χ2n) is 4.08. The summed E-state index contributed by atoms with van der Waals surface area (Å²) < 4.78 is 57.5. The highest BCUT2D eigenvalue weighted by Gasteiger charge is 2.43. The Morgan fingerprint density at radius 2 is 1.81 bits per heavy atom. The molecule has 0 N–H and O–H groups in total. The Morgan fingerprint density at radius 1 is 1.14 bits per heavy atom. The number of benzene rings is 1. The summed E-state index contributed by atoms with van der Waals surface area (Å²) in [6.45, 7) is 0. The molecule has 0 bridgehead atoms. The molecule has 0 aliphatic heterocycles. The van der Waals surface area contributed by atoms with Crippen LogP contribution in [0, 0.1) is 17.1 Å². The van der Waals surface area contributed by atoms with Crippen LogP contribution in [0.5, 0.6) is 5.75 Å². The van der Waals surface area contributed by atoms with Crippen LogP contribution in [-0.2, 0) is 0 Å². The molecule has 0 aliphatic rings. The van der Waals surface area contributed by atoms with Gasteiger partial charge in [0.25, 0.3) is 0 Å². The van der Waals surface area contributed by atoms with Crippen molar-refractivity contribution < 1.29 is 22.3 Å². The Labute approximate surface area is 117 Å². The van der Waals surface area contributed by atoms with Gasteiger partial charge in [-0.05, 0) is 30.3 Å². The van der Waals surface area contributed by atoms with E-state index in [9.17, 15) is 17.6 Å². The molecule has 1 heterocycles.